The normalized spacial score (nSPS) is 11.3. The fourth-order valence-electron chi connectivity index (χ4n) is 1.79. The Morgan fingerprint density at radius 1 is 1.09 bits per heavy atom. The Labute approximate surface area is 123 Å². The number of alkyl halides is 3. The monoisotopic (exact) mass is 332 g/mol. The third kappa shape index (κ3) is 2.66. The maximum absolute atomic E-state index is 13.8. The second-order valence-electron chi connectivity index (χ2n) is 4.25. The van der Waals surface area contributed by atoms with Gasteiger partial charge in [0.2, 0.25) is 0 Å². The van der Waals surface area contributed by atoms with E-state index in [0.29, 0.717) is 12.1 Å². The molecule has 11 heteroatoms. The molecule has 0 bridgehead atoms. The quantitative estimate of drug-likeness (QED) is 0.620. The van der Waals surface area contributed by atoms with Crippen LogP contribution in [0.25, 0.3) is 5.69 Å². The van der Waals surface area contributed by atoms with E-state index < -0.39 is 50.7 Å². The van der Waals surface area contributed by atoms with Gasteiger partial charge in [-0.3, -0.25) is 4.79 Å². The lowest BCUT2D eigenvalue weighted by Gasteiger charge is -2.14. The molecule has 0 amide bonds. The van der Waals surface area contributed by atoms with Crippen molar-refractivity contribution in [3.8, 4) is 11.8 Å². The van der Waals surface area contributed by atoms with Gasteiger partial charge in [-0.05, 0) is 6.07 Å². The van der Waals surface area contributed by atoms with Crippen molar-refractivity contribution in [2.45, 2.75) is 6.18 Å². The number of nitrogens with two attached hydrogens (primary N) is 1. The molecule has 0 saturated heterocycles. The molecule has 1 heterocycles. The minimum Gasteiger partial charge on any atom is -0.335 e. The first kappa shape index (κ1) is 16.2. The summed E-state index contributed by atoms with van der Waals surface area (Å²) in [4.78, 5) is 23.5. The summed E-state index contributed by atoms with van der Waals surface area (Å²) in [5.74, 6) is 2.35. The average Bonchev–Trinajstić information content (AvgIpc) is 2.45. The third-order valence-electron chi connectivity index (χ3n) is 2.83. The van der Waals surface area contributed by atoms with Crippen LogP contribution in [-0.2, 0) is 6.18 Å². The fourth-order valence-corrected chi connectivity index (χ4v) is 1.79. The molecule has 0 fully saturated rings. The lowest BCUT2D eigenvalue weighted by Crippen LogP contribution is -2.45. The van der Waals surface area contributed by atoms with Crippen LogP contribution in [-0.4, -0.2) is 9.24 Å². The van der Waals surface area contributed by atoms with Crippen molar-refractivity contribution in [1.29, 1.82) is 5.26 Å². The number of nitrogens with zero attached hydrogens (tertiary/aromatic N) is 3. The van der Waals surface area contributed by atoms with Crippen molar-refractivity contribution in [2.75, 3.05) is 5.84 Å². The van der Waals surface area contributed by atoms with E-state index >= 15 is 0 Å². The summed E-state index contributed by atoms with van der Waals surface area (Å²) in [6, 6.07) is 2.03. The Hall–Kier alpha value is -3.16. The molecule has 0 aliphatic rings. The van der Waals surface area contributed by atoms with Crippen molar-refractivity contribution in [3.05, 3.63) is 61.9 Å². The van der Waals surface area contributed by atoms with Gasteiger partial charge in [-0.25, -0.2) is 22.8 Å². The number of hydrogen-bond donors (Lipinski definition) is 1. The molecule has 0 spiro atoms. The van der Waals surface area contributed by atoms with E-state index in [0.717, 1.165) is 0 Å². The largest absolute Gasteiger partial charge is 0.433 e. The molecule has 0 atom stereocenters. The zero-order valence-corrected chi connectivity index (χ0v) is 10.9. The number of aromatic nitrogens is 2. The number of benzene rings is 1. The number of halogens is 5. The molecule has 0 aliphatic carbocycles. The Morgan fingerprint density at radius 3 is 2.22 bits per heavy atom. The predicted octanol–water partition coefficient (Wildman–Crippen LogP) is 0.882. The van der Waals surface area contributed by atoms with Crippen LogP contribution in [0.4, 0.5) is 22.0 Å². The van der Waals surface area contributed by atoms with Crippen LogP contribution < -0.4 is 17.1 Å². The first-order chi connectivity index (χ1) is 10.6. The second kappa shape index (κ2) is 5.24. The number of rotatable bonds is 1. The molecule has 6 nitrogen and oxygen atoms in total. The molecule has 1 aromatic carbocycles. The Balaban J connectivity index is 2.85. The van der Waals surface area contributed by atoms with Crippen LogP contribution >= 0.6 is 0 Å². The molecule has 0 radical (unpaired) electrons. The van der Waals surface area contributed by atoms with Gasteiger partial charge in [0.1, 0.15) is 17.7 Å². The van der Waals surface area contributed by atoms with Gasteiger partial charge in [0.05, 0.1) is 11.3 Å². The minimum atomic E-state index is -5.10. The topological polar surface area (TPSA) is 93.8 Å². The number of nitriles is 1. The van der Waals surface area contributed by atoms with E-state index in [4.69, 9.17) is 11.1 Å². The minimum absolute atomic E-state index is 0.0308. The maximum Gasteiger partial charge on any atom is 0.433 e. The third-order valence-corrected chi connectivity index (χ3v) is 2.83. The molecule has 1 aromatic heterocycles. The van der Waals surface area contributed by atoms with Crippen LogP contribution in [0.1, 0.15) is 11.3 Å². The Morgan fingerprint density at radius 2 is 1.70 bits per heavy atom. The van der Waals surface area contributed by atoms with Crippen LogP contribution in [0.5, 0.6) is 0 Å². The van der Waals surface area contributed by atoms with Crippen molar-refractivity contribution in [1.82, 2.24) is 9.24 Å². The average molecular weight is 332 g/mol. The van der Waals surface area contributed by atoms with Gasteiger partial charge in [-0.15, -0.1) is 0 Å². The zero-order chi connectivity index (χ0) is 17.5. The molecule has 0 aliphatic heterocycles. The summed E-state index contributed by atoms with van der Waals surface area (Å²) < 4.78 is 64.8. The van der Waals surface area contributed by atoms with E-state index in [-0.39, 0.29) is 10.6 Å². The maximum atomic E-state index is 13.8. The van der Waals surface area contributed by atoms with E-state index in [2.05, 4.69) is 0 Å². The van der Waals surface area contributed by atoms with E-state index in [1.54, 1.807) is 0 Å². The van der Waals surface area contributed by atoms with E-state index in [9.17, 15) is 31.5 Å². The predicted molar refractivity (Wildman–Crippen MR) is 66.1 cm³/mol. The van der Waals surface area contributed by atoms with Gasteiger partial charge in [0, 0.05) is 12.1 Å². The second-order valence-corrected chi connectivity index (χ2v) is 4.25. The molecule has 2 aromatic rings. The zero-order valence-electron chi connectivity index (χ0n) is 10.9. The van der Waals surface area contributed by atoms with Gasteiger partial charge < -0.3 is 5.84 Å². The lowest BCUT2D eigenvalue weighted by molar-refractivity contribution is -0.143. The highest BCUT2D eigenvalue weighted by Gasteiger charge is 2.36. The first-order valence-corrected chi connectivity index (χ1v) is 5.69. The molecular weight excluding hydrogens is 327 g/mol. The summed E-state index contributed by atoms with van der Waals surface area (Å²) in [6.07, 6.45) is -5.10. The van der Waals surface area contributed by atoms with Crippen LogP contribution in [0.15, 0.2) is 27.8 Å². The number of nitrogen functional groups attached to an aromatic ring is 1. The van der Waals surface area contributed by atoms with Crippen LogP contribution in [0.2, 0.25) is 0 Å². The van der Waals surface area contributed by atoms with Gasteiger partial charge >= 0.3 is 11.9 Å². The molecule has 0 saturated carbocycles. The smallest absolute Gasteiger partial charge is 0.335 e. The summed E-state index contributed by atoms with van der Waals surface area (Å²) >= 11 is 0. The highest BCUT2D eigenvalue weighted by Crippen LogP contribution is 2.26. The van der Waals surface area contributed by atoms with Crippen LogP contribution in [0.3, 0.4) is 0 Å². The molecule has 0 unspecified atom stereocenters. The number of hydrogen-bond acceptors (Lipinski definition) is 4. The summed E-state index contributed by atoms with van der Waals surface area (Å²) in [7, 11) is 0. The standard InChI is InChI=1S/C12H5F5N4O2/c13-6-2-8(7(14)1-5(6)4-18)20-10(22)3-9(12(15,16)17)21(19)11(20)23/h1-3H,19H2. The molecule has 120 valence electrons. The highest BCUT2D eigenvalue weighted by atomic mass is 19.4. The summed E-state index contributed by atoms with van der Waals surface area (Å²) in [6.45, 7) is 0. The van der Waals surface area contributed by atoms with Gasteiger partial charge in [-0.2, -0.15) is 18.4 Å². The summed E-state index contributed by atoms with van der Waals surface area (Å²) in [5.41, 5.74) is -6.72. The Kier molecular flexibility index (Phi) is 3.69. The van der Waals surface area contributed by atoms with Crippen molar-refractivity contribution >= 4 is 0 Å². The SMILES string of the molecule is N#Cc1cc(F)c(-n2c(=O)cc(C(F)(F)F)n(N)c2=O)cc1F. The fraction of sp³-hybridized carbons (Fsp3) is 0.0833. The van der Waals surface area contributed by atoms with Crippen molar-refractivity contribution < 1.29 is 22.0 Å². The first-order valence-electron chi connectivity index (χ1n) is 5.69. The molecular formula is C12H5F5N4O2. The van der Waals surface area contributed by atoms with Gasteiger partial charge in [0.25, 0.3) is 5.56 Å². The lowest BCUT2D eigenvalue weighted by atomic mass is 10.2. The van der Waals surface area contributed by atoms with Gasteiger partial charge in [-0.1, -0.05) is 0 Å². The van der Waals surface area contributed by atoms with Gasteiger partial charge in [0.15, 0.2) is 5.69 Å². The van der Waals surface area contributed by atoms with Crippen LogP contribution in [0, 0.1) is 23.0 Å². The molecule has 23 heavy (non-hydrogen) atoms. The highest BCUT2D eigenvalue weighted by molar-refractivity contribution is 5.42. The van der Waals surface area contributed by atoms with E-state index in [1.807, 2.05) is 0 Å². The van der Waals surface area contributed by atoms with E-state index in [1.165, 1.54) is 6.07 Å². The van der Waals surface area contributed by atoms with Crippen molar-refractivity contribution in [3.63, 3.8) is 0 Å². The summed E-state index contributed by atoms with van der Waals surface area (Å²) in [5, 5.41) is 8.55. The Bertz CT molecular complexity index is 952. The molecule has 2 rings (SSSR count). The molecule has 2 N–H and O–H groups in total. The van der Waals surface area contributed by atoms with Crippen molar-refractivity contribution in [2.24, 2.45) is 0 Å².